The third-order valence-corrected chi connectivity index (χ3v) is 5.03. The van der Waals surface area contributed by atoms with Crippen LogP contribution in [0.15, 0.2) is 0 Å². The Hall–Kier alpha value is -1.03. The molecule has 1 fully saturated rings. The minimum absolute atomic E-state index is 0.172. The molecule has 0 bridgehead atoms. The van der Waals surface area contributed by atoms with Gasteiger partial charge in [-0.25, -0.2) is 0 Å². The highest BCUT2D eigenvalue weighted by Gasteiger charge is 2.31. The predicted molar refractivity (Wildman–Crippen MR) is 89.7 cm³/mol. The van der Waals surface area contributed by atoms with Crippen LogP contribution in [0.25, 0.3) is 0 Å². The van der Waals surface area contributed by atoms with Crippen LogP contribution < -0.4 is 10.6 Å². The van der Waals surface area contributed by atoms with Crippen LogP contribution in [0.2, 0.25) is 0 Å². The van der Waals surface area contributed by atoms with Crippen LogP contribution >= 0.6 is 0 Å². The van der Waals surface area contributed by atoms with Gasteiger partial charge in [0, 0.05) is 31.7 Å². The summed E-state index contributed by atoms with van der Waals surface area (Å²) in [5, 5.41) is 4.63. The van der Waals surface area contributed by atoms with E-state index in [2.05, 4.69) is 51.8 Å². The molecule has 0 saturated heterocycles. The summed E-state index contributed by atoms with van der Waals surface area (Å²) in [7, 11) is 4.28. The molecule has 1 aromatic heterocycles. The quantitative estimate of drug-likeness (QED) is 0.928. The van der Waals surface area contributed by atoms with Crippen LogP contribution in [0.3, 0.4) is 0 Å². The van der Waals surface area contributed by atoms with Gasteiger partial charge in [0.05, 0.1) is 5.69 Å². The van der Waals surface area contributed by atoms with Crippen LogP contribution in [0.1, 0.15) is 57.7 Å². The van der Waals surface area contributed by atoms with E-state index in [1.54, 1.807) is 0 Å². The SMILES string of the molecule is Cc1nn(C)c(N(C)C2CCC(C)(C)CC2)c1CC(C)N. The third-order valence-electron chi connectivity index (χ3n) is 5.03. The lowest BCUT2D eigenvalue weighted by atomic mass is 9.75. The zero-order chi connectivity index (χ0) is 15.8. The van der Waals surface area contributed by atoms with Gasteiger partial charge in [0.15, 0.2) is 0 Å². The van der Waals surface area contributed by atoms with Crippen molar-refractivity contribution >= 4 is 5.82 Å². The molecule has 0 aromatic carbocycles. The molecule has 2 rings (SSSR count). The Bertz CT molecular complexity index is 477. The maximum atomic E-state index is 6.03. The first kappa shape index (κ1) is 16.3. The normalized spacial score (nSPS) is 20.5. The van der Waals surface area contributed by atoms with E-state index in [4.69, 9.17) is 5.73 Å². The molecular weight excluding hydrogens is 260 g/mol. The average Bonchev–Trinajstić information content (AvgIpc) is 2.63. The zero-order valence-electron chi connectivity index (χ0n) is 14.6. The second-order valence-corrected chi connectivity index (χ2v) is 7.70. The van der Waals surface area contributed by atoms with Crippen molar-refractivity contribution in [3.63, 3.8) is 0 Å². The van der Waals surface area contributed by atoms with Crippen molar-refractivity contribution in [3.05, 3.63) is 11.3 Å². The molecule has 2 N–H and O–H groups in total. The van der Waals surface area contributed by atoms with Gasteiger partial charge < -0.3 is 10.6 Å². The largest absolute Gasteiger partial charge is 0.357 e. The molecule has 21 heavy (non-hydrogen) atoms. The molecule has 1 aromatic rings. The molecule has 1 atom stereocenters. The molecule has 1 aliphatic rings. The number of nitrogens with zero attached hydrogens (tertiary/aromatic N) is 3. The number of hydrogen-bond donors (Lipinski definition) is 1. The van der Waals surface area contributed by atoms with Gasteiger partial charge in [-0.1, -0.05) is 13.8 Å². The first-order valence-electron chi connectivity index (χ1n) is 8.22. The highest BCUT2D eigenvalue weighted by molar-refractivity contribution is 5.51. The first-order valence-corrected chi connectivity index (χ1v) is 8.22. The molecule has 1 aliphatic carbocycles. The maximum Gasteiger partial charge on any atom is 0.130 e. The first-order chi connectivity index (χ1) is 9.71. The predicted octanol–water partition coefficient (Wildman–Crippen LogP) is 3.02. The summed E-state index contributed by atoms with van der Waals surface area (Å²) in [4.78, 5) is 2.45. The van der Waals surface area contributed by atoms with Crippen LogP contribution in [-0.2, 0) is 13.5 Å². The fraction of sp³-hybridized carbons (Fsp3) is 0.824. The van der Waals surface area contributed by atoms with Crippen molar-refractivity contribution in [2.45, 2.75) is 71.9 Å². The standard InChI is InChI=1S/C17H32N4/c1-12(18)11-15-13(2)19-21(6)16(15)20(5)14-7-9-17(3,4)10-8-14/h12,14H,7-11,18H2,1-6H3. The van der Waals surface area contributed by atoms with E-state index in [1.807, 2.05) is 4.68 Å². The number of hydrogen-bond acceptors (Lipinski definition) is 3. The molecule has 0 aliphatic heterocycles. The van der Waals surface area contributed by atoms with E-state index in [0.29, 0.717) is 11.5 Å². The van der Waals surface area contributed by atoms with Gasteiger partial charge in [0.1, 0.15) is 5.82 Å². The molecule has 0 spiro atoms. The molecule has 4 nitrogen and oxygen atoms in total. The highest BCUT2D eigenvalue weighted by atomic mass is 15.4. The van der Waals surface area contributed by atoms with Crippen LogP contribution in [-0.4, -0.2) is 28.9 Å². The van der Waals surface area contributed by atoms with E-state index >= 15 is 0 Å². The summed E-state index contributed by atoms with van der Waals surface area (Å²) in [6, 6.07) is 0.796. The number of aryl methyl sites for hydroxylation is 2. The van der Waals surface area contributed by atoms with E-state index < -0.39 is 0 Å². The van der Waals surface area contributed by atoms with E-state index in [0.717, 1.165) is 12.1 Å². The molecule has 120 valence electrons. The fourth-order valence-corrected chi connectivity index (χ4v) is 3.64. The van der Waals surface area contributed by atoms with Crippen molar-refractivity contribution in [2.24, 2.45) is 18.2 Å². The summed E-state index contributed by atoms with van der Waals surface area (Å²) in [5.74, 6) is 1.26. The molecule has 1 unspecified atom stereocenters. The van der Waals surface area contributed by atoms with Gasteiger partial charge in [0.25, 0.3) is 0 Å². The Morgan fingerprint density at radius 3 is 2.48 bits per heavy atom. The Balaban J connectivity index is 2.21. The van der Waals surface area contributed by atoms with Crippen molar-refractivity contribution in [1.29, 1.82) is 0 Å². The molecule has 0 amide bonds. The molecule has 4 heteroatoms. The van der Waals surface area contributed by atoms with Crippen molar-refractivity contribution in [1.82, 2.24) is 9.78 Å². The van der Waals surface area contributed by atoms with Crippen LogP contribution in [0.4, 0.5) is 5.82 Å². The number of nitrogens with two attached hydrogens (primary N) is 1. The zero-order valence-corrected chi connectivity index (χ0v) is 14.6. The van der Waals surface area contributed by atoms with Crippen molar-refractivity contribution < 1.29 is 0 Å². The molecule has 1 heterocycles. The van der Waals surface area contributed by atoms with E-state index in [9.17, 15) is 0 Å². The van der Waals surface area contributed by atoms with Gasteiger partial charge in [-0.05, 0) is 51.4 Å². The van der Waals surface area contributed by atoms with Gasteiger partial charge in [-0.15, -0.1) is 0 Å². The Labute approximate surface area is 129 Å². The van der Waals surface area contributed by atoms with E-state index in [1.165, 1.54) is 37.1 Å². The monoisotopic (exact) mass is 292 g/mol. The lowest BCUT2D eigenvalue weighted by molar-refractivity contribution is 0.222. The highest BCUT2D eigenvalue weighted by Crippen LogP contribution is 2.38. The minimum atomic E-state index is 0.172. The Morgan fingerprint density at radius 1 is 1.38 bits per heavy atom. The van der Waals surface area contributed by atoms with Crippen LogP contribution in [0.5, 0.6) is 0 Å². The number of aromatic nitrogens is 2. The smallest absolute Gasteiger partial charge is 0.130 e. The molecule has 1 saturated carbocycles. The molecule has 0 radical (unpaired) electrons. The van der Waals surface area contributed by atoms with Gasteiger partial charge in [0.2, 0.25) is 0 Å². The van der Waals surface area contributed by atoms with E-state index in [-0.39, 0.29) is 6.04 Å². The van der Waals surface area contributed by atoms with Gasteiger partial charge in [-0.3, -0.25) is 4.68 Å². The summed E-state index contributed by atoms with van der Waals surface area (Å²) in [6.07, 6.45) is 6.05. The maximum absolute atomic E-state index is 6.03. The topological polar surface area (TPSA) is 47.1 Å². The number of anilines is 1. The average molecular weight is 292 g/mol. The lowest BCUT2D eigenvalue weighted by Gasteiger charge is -2.39. The minimum Gasteiger partial charge on any atom is -0.357 e. The summed E-state index contributed by atoms with van der Waals surface area (Å²) in [6.45, 7) is 8.94. The Kier molecular flexibility index (Phi) is 4.66. The summed E-state index contributed by atoms with van der Waals surface area (Å²) in [5.41, 5.74) is 8.98. The van der Waals surface area contributed by atoms with Crippen LogP contribution in [0, 0.1) is 12.3 Å². The second-order valence-electron chi connectivity index (χ2n) is 7.70. The third kappa shape index (κ3) is 3.60. The molecular formula is C17H32N4. The lowest BCUT2D eigenvalue weighted by Crippen LogP contribution is -2.38. The second kappa shape index (κ2) is 5.99. The Morgan fingerprint density at radius 2 is 1.95 bits per heavy atom. The van der Waals surface area contributed by atoms with Crippen molar-refractivity contribution in [2.75, 3.05) is 11.9 Å². The summed E-state index contributed by atoms with van der Waals surface area (Å²) >= 11 is 0. The summed E-state index contributed by atoms with van der Waals surface area (Å²) < 4.78 is 2.03. The van der Waals surface area contributed by atoms with Gasteiger partial charge in [-0.2, -0.15) is 5.10 Å². The number of rotatable bonds is 4. The fourth-order valence-electron chi connectivity index (χ4n) is 3.64. The van der Waals surface area contributed by atoms with Gasteiger partial charge >= 0.3 is 0 Å². The van der Waals surface area contributed by atoms with Crippen molar-refractivity contribution in [3.8, 4) is 0 Å².